The van der Waals surface area contributed by atoms with Gasteiger partial charge in [-0.15, -0.1) is 11.3 Å². The second-order valence-corrected chi connectivity index (χ2v) is 19.1. The first-order valence-corrected chi connectivity index (χ1v) is 20.8. The van der Waals surface area contributed by atoms with Crippen LogP contribution < -0.4 is 20.8 Å². The number of nitrogen functional groups attached to an aromatic ring is 1. The number of nitrogens with zero attached hydrogens (tertiary/aromatic N) is 3. The van der Waals surface area contributed by atoms with E-state index in [9.17, 15) is 0 Å². The molecule has 0 spiro atoms. The monoisotopic (exact) mass is 770 g/mol. The molecule has 0 saturated carbocycles. The lowest BCUT2D eigenvalue weighted by molar-refractivity contribution is -0.494. The predicted molar refractivity (Wildman–Crippen MR) is 243 cm³/mol. The Kier molecular flexibility index (Phi) is 12.7. The number of hydrogen-bond donors (Lipinski definition) is 4. The maximum atomic E-state index is 6.25. The molecule has 0 fully saturated rings. The molecule has 2 aromatic carbocycles. The number of imidazole rings is 2. The molecular weight excluding hydrogens is 707 g/mol. The number of pyridine rings is 2. The van der Waals surface area contributed by atoms with Crippen molar-refractivity contribution >= 4 is 40.0 Å². The van der Waals surface area contributed by atoms with E-state index < -0.39 is 0 Å². The largest absolute Gasteiger partial charge is 0.398 e. The molecule has 0 aliphatic heterocycles. The Morgan fingerprint density at radius 1 is 0.679 bits per heavy atom. The fourth-order valence-electron chi connectivity index (χ4n) is 8.11. The third-order valence-corrected chi connectivity index (χ3v) is 10.1. The molecule has 0 radical (unpaired) electrons. The van der Waals surface area contributed by atoms with Gasteiger partial charge in [0.25, 0.3) is 5.82 Å². The van der Waals surface area contributed by atoms with E-state index in [0.29, 0.717) is 0 Å². The quantitative estimate of drug-likeness (QED) is 0.0869. The number of anilines is 3. The van der Waals surface area contributed by atoms with Crippen LogP contribution in [-0.4, -0.2) is 25.4 Å². The summed E-state index contributed by atoms with van der Waals surface area (Å²) in [4.78, 5) is 9.83. The number of hydrogen-bond acceptors (Lipinski definition) is 5. The number of nitrogens with one attached hydrogen (secondary N) is 3. The molecule has 0 amide bonds. The molecule has 56 heavy (non-hydrogen) atoms. The number of benzene rings is 2. The van der Waals surface area contributed by atoms with Crippen molar-refractivity contribution in [1.29, 1.82) is 0 Å². The number of H-pyrrole nitrogens is 1. The van der Waals surface area contributed by atoms with E-state index in [-0.39, 0.29) is 21.9 Å². The van der Waals surface area contributed by atoms with Crippen LogP contribution in [0.15, 0.2) is 115 Å². The lowest BCUT2D eigenvalue weighted by Crippen LogP contribution is -2.39. The molecule has 0 unspecified atom stereocenters. The number of aromatic amines is 1. The Morgan fingerprint density at radius 3 is 1.89 bits per heavy atom. The third kappa shape index (κ3) is 10.4. The highest BCUT2D eigenvalue weighted by molar-refractivity contribution is 7.13. The van der Waals surface area contributed by atoms with Gasteiger partial charge in [0.2, 0.25) is 5.65 Å². The number of thiophene rings is 1. The Balaban J connectivity index is 0.000000207. The van der Waals surface area contributed by atoms with E-state index in [1.165, 1.54) is 10.4 Å². The number of nitrogens with two attached hydrogens (primary N) is 1. The molecule has 7 rings (SSSR count). The van der Waals surface area contributed by atoms with Crippen LogP contribution in [0.25, 0.3) is 44.2 Å². The summed E-state index contributed by atoms with van der Waals surface area (Å²) in [5.41, 5.74) is 14.8. The van der Waals surface area contributed by atoms with Gasteiger partial charge in [0.05, 0.1) is 11.7 Å². The van der Waals surface area contributed by atoms with Gasteiger partial charge in [-0.3, -0.25) is 14.7 Å². The smallest absolute Gasteiger partial charge is 0.267 e. The van der Waals surface area contributed by atoms with Crippen LogP contribution in [0.1, 0.15) is 95.9 Å². The van der Waals surface area contributed by atoms with E-state index in [1.807, 2.05) is 50.2 Å². The van der Waals surface area contributed by atoms with Gasteiger partial charge >= 0.3 is 0 Å². The topological polar surface area (TPSA) is 87.3 Å². The first kappa shape index (κ1) is 42.1. The van der Waals surface area contributed by atoms with Crippen LogP contribution in [-0.2, 0) is 0 Å². The minimum atomic E-state index is -0.0727. The fourth-order valence-corrected chi connectivity index (χ4v) is 8.88. The zero-order valence-electron chi connectivity index (χ0n) is 35.7. The zero-order chi connectivity index (χ0) is 40.9. The molecule has 8 heteroatoms. The molecule has 7 aromatic rings. The molecule has 5 heterocycles. The van der Waals surface area contributed by atoms with Gasteiger partial charge < -0.3 is 11.1 Å². The minimum Gasteiger partial charge on any atom is -0.398 e. The summed E-state index contributed by atoms with van der Waals surface area (Å²) in [5, 5.41) is 9.74. The van der Waals surface area contributed by atoms with Crippen LogP contribution in [0, 0.1) is 10.8 Å². The van der Waals surface area contributed by atoms with Crippen LogP contribution >= 0.6 is 11.3 Å². The van der Waals surface area contributed by atoms with Crippen molar-refractivity contribution in [2.75, 3.05) is 16.4 Å². The fraction of sp³-hybridized carbons (Fsp3) is 0.375. The number of rotatable bonds is 9. The molecular formula is C48H64N7S+. The van der Waals surface area contributed by atoms with Crippen LogP contribution in [0.4, 0.5) is 17.3 Å². The molecule has 0 saturated heterocycles. The molecule has 7 nitrogen and oxygen atoms in total. The molecule has 0 atom stereocenters. The summed E-state index contributed by atoms with van der Waals surface area (Å²) < 4.78 is 4.33. The second kappa shape index (κ2) is 17.0. The van der Waals surface area contributed by atoms with Crippen molar-refractivity contribution < 1.29 is 4.40 Å². The van der Waals surface area contributed by atoms with Gasteiger partial charge in [0, 0.05) is 45.1 Å². The lowest BCUT2D eigenvalue weighted by Gasteiger charge is -2.34. The van der Waals surface area contributed by atoms with Crippen LogP contribution in [0.3, 0.4) is 0 Å². The maximum absolute atomic E-state index is 6.25. The highest BCUT2D eigenvalue weighted by atomic mass is 32.1. The van der Waals surface area contributed by atoms with Crippen molar-refractivity contribution in [1.82, 2.24) is 14.4 Å². The van der Waals surface area contributed by atoms with Gasteiger partial charge in [-0.25, -0.2) is 9.38 Å². The van der Waals surface area contributed by atoms with E-state index >= 15 is 0 Å². The van der Waals surface area contributed by atoms with Crippen molar-refractivity contribution in [3.05, 3.63) is 115 Å². The van der Waals surface area contributed by atoms with E-state index in [4.69, 9.17) is 10.7 Å². The van der Waals surface area contributed by atoms with Gasteiger partial charge in [-0.2, -0.15) is 0 Å². The van der Waals surface area contributed by atoms with Gasteiger partial charge in [0.1, 0.15) is 17.2 Å². The lowest BCUT2D eigenvalue weighted by atomic mass is 9.81. The summed E-state index contributed by atoms with van der Waals surface area (Å²) in [7, 11) is 0. The highest BCUT2D eigenvalue weighted by Gasteiger charge is 2.32. The molecule has 0 aliphatic rings. The van der Waals surface area contributed by atoms with E-state index in [0.717, 1.165) is 64.0 Å². The van der Waals surface area contributed by atoms with E-state index in [1.54, 1.807) is 11.3 Å². The van der Waals surface area contributed by atoms with Crippen LogP contribution in [0.5, 0.6) is 0 Å². The Labute approximate surface area is 339 Å². The van der Waals surface area contributed by atoms with Crippen molar-refractivity contribution in [2.45, 2.75) is 107 Å². The number of fused-ring (bicyclic) bond motifs is 2. The zero-order valence-corrected chi connectivity index (χ0v) is 36.5. The Morgan fingerprint density at radius 2 is 1.27 bits per heavy atom. The molecule has 296 valence electrons. The Hall–Kier alpha value is -5.08. The standard InChI is InChI=1S/C25H29N3S.C21H28N4.C2H6/c1-24(2,3)17-25(4,5)27-23-22(26-21-14-8-9-15-28(21)23)19-12-7-6-11-18(19)20-13-10-16-29-20;1-20(2,3)14-21(4,5)24-19-18(15-10-6-7-11-16(15)22)23-17-12-8-9-13-25(17)19;1-2/h6-16,27H,17H2,1-5H3;6-13,24H,14,22H2,1-5H3;1-2H3/p+1. The highest BCUT2D eigenvalue weighted by Crippen LogP contribution is 2.40. The molecule has 0 bridgehead atoms. The van der Waals surface area contributed by atoms with Gasteiger partial charge in [0.15, 0.2) is 5.69 Å². The average molecular weight is 771 g/mol. The maximum Gasteiger partial charge on any atom is 0.267 e. The van der Waals surface area contributed by atoms with Gasteiger partial charge in [-0.1, -0.05) is 110 Å². The SMILES string of the molecule is CC.CC(C)(C)CC(C)(C)Nc1c(-c2ccccc2-c2cccs2)nc2ccccn12.CC(C)(C)CC(C)(C)Nc1c(-c2ccccc2N)[nH]c2cccc[n+]12. The first-order valence-electron chi connectivity index (χ1n) is 19.9. The van der Waals surface area contributed by atoms with Crippen LogP contribution in [0.2, 0.25) is 0 Å². The summed E-state index contributed by atoms with van der Waals surface area (Å²) in [6, 6.07) is 33.2. The number of aromatic nitrogens is 4. The summed E-state index contributed by atoms with van der Waals surface area (Å²) in [5.74, 6) is 2.10. The summed E-state index contributed by atoms with van der Waals surface area (Å²) >= 11 is 1.76. The molecule has 5 N–H and O–H groups in total. The number of para-hydroxylation sites is 1. The normalized spacial score (nSPS) is 12.1. The summed E-state index contributed by atoms with van der Waals surface area (Å²) in [6.07, 6.45) is 6.26. The third-order valence-electron chi connectivity index (χ3n) is 9.18. The predicted octanol–water partition coefficient (Wildman–Crippen LogP) is 13.0. The van der Waals surface area contributed by atoms with E-state index in [2.05, 4.69) is 172 Å². The first-order chi connectivity index (χ1) is 26.4. The average Bonchev–Trinajstić information content (AvgIpc) is 3.86. The van der Waals surface area contributed by atoms with Crippen molar-refractivity contribution in [3.8, 4) is 33.0 Å². The second-order valence-electron chi connectivity index (χ2n) is 18.1. The Bertz CT molecular complexity index is 2330. The molecule has 0 aliphatic carbocycles. The summed E-state index contributed by atoms with van der Waals surface area (Å²) in [6.45, 7) is 26.7. The molecule has 5 aromatic heterocycles. The van der Waals surface area contributed by atoms with Gasteiger partial charge in [-0.05, 0) is 93.1 Å². The minimum absolute atomic E-state index is 0.0610. The van der Waals surface area contributed by atoms with Crippen molar-refractivity contribution in [3.63, 3.8) is 0 Å². The van der Waals surface area contributed by atoms with Crippen molar-refractivity contribution in [2.24, 2.45) is 10.8 Å².